The average Bonchev–Trinajstić information content (AvgIpc) is 3.11. The molecule has 1 saturated heterocycles. The van der Waals surface area contributed by atoms with Crippen molar-refractivity contribution in [3.8, 4) is 11.5 Å². The summed E-state index contributed by atoms with van der Waals surface area (Å²) in [4.78, 5) is 2.59. The van der Waals surface area contributed by atoms with Crippen molar-refractivity contribution in [3.05, 3.63) is 59.2 Å². The number of likely N-dealkylation sites (N-methyl/N-ethyl adjacent to an activating group) is 1. The fourth-order valence-corrected chi connectivity index (χ4v) is 4.82. The highest BCUT2D eigenvalue weighted by Gasteiger charge is 2.43. The third-order valence-corrected chi connectivity index (χ3v) is 6.12. The molecule has 0 saturated carbocycles. The number of rotatable bonds is 4. The molecule has 0 N–H and O–H groups in total. The molecule has 2 aromatic rings. The van der Waals surface area contributed by atoms with Gasteiger partial charge in [0.05, 0.1) is 14.2 Å². The first-order valence-electron chi connectivity index (χ1n) is 9.27. The van der Waals surface area contributed by atoms with Crippen molar-refractivity contribution in [2.24, 2.45) is 5.92 Å². The van der Waals surface area contributed by atoms with Crippen LogP contribution in [0.1, 0.15) is 35.4 Å². The molecule has 0 bridgehead atoms. The average molecular weight is 374 g/mol. The lowest BCUT2D eigenvalue weighted by Crippen LogP contribution is -2.28. The normalized spacial score (nSPS) is 24.3. The summed E-state index contributed by atoms with van der Waals surface area (Å²) in [6.45, 7) is 5.73. The Morgan fingerprint density at radius 2 is 1.65 bits per heavy atom. The molecule has 26 heavy (non-hydrogen) atoms. The number of ether oxygens (including phenoxy) is 2. The molecule has 2 aliphatic rings. The molecule has 3 nitrogen and oxygen atoms in total. The van der Waals surface area contributed by atoms with Gasteiger partial charge in [0.2, 0.25) is 0 Å². The summed E-state index contributed by atoms with van der Waals surface area (Å²) in [5.74, 6) is 3.53. The lowest BCUT2D eigenvalue weighted by Gasteiger charge is -2.36. The Labute approximate surface area is 162 Å². The number of fused-ring (bicyclic) bond motifs is 3. The van der Waals surface area contributed by atoms with Crippen LogP contribution in [-0.4, -0.2) is 38.8 Å². The SMILES string of the molecule is CCN1CC2c3cc(OC)c(OC)cc3CC(c3ccccc3)C2C1.Cl. The number of likely N-dealkylation sites (tertiary alicyclic amines) is 1. The summed E-state index contributed by atoms with van der Waals surface area (Å²) in [5.41, 5.74) is 4.35. The van der Waals surface area contributed by atoms with E-state index in [0.717, 1.165) is 31.0 Å². The van der Waals surface area contributed by atoms with Gasteiger partial charge in [0.15, 0.2) is 11.5 Å². The van der Waals surface area contributed by atoms with Crippen molar-refractivity contribution in [3.63, 3.8) is 0 Å². The number of hydrogen-bond donors (Lipinski definition) is 0. The molecule has 1 heterocycles. The minimum absolute atomic E-state index is 0. The summed E-state index contributed by atoms with van der Waals surface area (Å²) in [5, 5.41) is 0. The lowest BCUT2D eigenvalue weighted by molar-refractivity contribution is 0.323. The smallest absolute Gasteiger partial charge is 0.161 e. The Bertz CT molecular complexity index is 749. The first kappa shape index (κ1) is 19.1. The first-order valence-corrected chi connectivity index (χ1v) is 9.27. The fraction of sp³-hybridized carbons (Fsp3) is 0.455. The summed E-state index contributed by atoms with van der Waals surface area (Å²) in [6.07, 6.45) is 1.08. The highest BCUT2D eigenvalue weighted by Crippen LogP contribution is 2.50. The number of benzene rings is 2. The molecular weight excluding hydrogens is 346 g/mol. The molecule has 2 aromatic carbocycles. The molecule has 0 spiro atoms. The van der Waals surface area contributed by atoms with Gasteiger partial charge < -0.3 is 14.4 Å². The summed E-state index contributed by atoms with van der Waals surface area (Å²) in [7, 11) is 3.45. The van der Waals surface area contributed by atoms with Gasteiger partial charge in [0.25, 0.3) is 0 Å². The molecule has 4 rings (SSSR count). The van der Waals surface area contributed by atoms with Crippen LogP contribution < -0.4 is 9.47 Å². The van der Waals surface area contributed by atoms with E-state index in [2.05, 4.69) is 54.3 Å². The van der Waals surface area contributed by atoms with E-state index in [4.69, 9.17) is 9.47 Å². The van der Waals surface area contributed by atoms with Crippen LogP contribution in [0.15, 0.2) is 42.5 Å². The lowest BCUT2D eigenvalue weighted by atomic mass is 9.68. The molecule has 0 amide bonds. The third-order valence-electron chi connectivity index (χ3n) is 6.12. The Morgan fingerprint density at radius 1 is 0.962 bits per heavy atom. The molecule has 4 heteroatoms. The van der Waals surface area contributed by atoms with E-state index in [1.807, 2.05) is 0 Å². The van der Waals surface area contributed by atoms with E-state index in [-0.39, 0.29) is 12.4 Å². The Kier molecular flexibility index (Phi) is 5.79. The maximum absolute atomic E-state index is 5.58. The van der Waals surface area contributed by atoms with Crippen molar-refractivity contribution in [2.75, 3.05) is 33.9 Å². The Hall–Kier alpha value is -1.71. The second-order valence-corrected chi connectivity index (χ2v) is 7.25. The molecule has 1 aliphatic carbocycles. The van der Waals surface area contributed by atoms with Crippen LogP contribution in [0.25, 0.3) is 0 Å². The fourth-order valence-electron chi connectivity index (χ4n) is 4.82. The highest BCUT2D eigenvalue weighted by atomic mass is 35.5. The van der Waals surface area contributed by atoms with E-state index < -0.39 is 0 Å². The summed E-state index contributed by atoms with van der Waals surface area (Å²) in [6, 6.07) is 15.5. The maximum Gasteiger partial charge on any atom is 0.161 e. The largest absolute Gasteiger partial charge is 0.493 e. The van der Waals surface area contributed by atoms with Crippen LogP contribution in [0.4, 0.5) is 0 Å². The quantitative estimate of drug-likeness (QED) is 0.787. The van der Waals surface area contributed by atoms with E-state index >= 15 is 0 Å². The molecule has 3 atom stereocenters. The van der Waals surface area contributed by atoms with Crippen LogP contribution in [0, 0.1) is 5.92 Å². The van der Waals surface area contributed by atoms with Gasteiger partial charge in [-0.25, -0.2) is 0 Å². The number of methoxy groups -OCH3 is 2. The molecule has 3 unspecified atom stereocenters. The predicted octanol–water partition coefficient (Wildman–Crippen LogP) is 4.50. The van der Waals surface area contributed by atoms with E-state index in [0.29, 0.717) is 17.8 Å². The molecule has 1 fully saturated rings. The third kappa shape index (κ3) is 3.19. The molecule has 0 aromatic heterocycles. The molecule has 0 radical (unpaired) electrons. The second kappa shape index (κ2) is 7.89. The van der Waals surface area contributed by atoms with Crippen molar-refractivity contribution < 1.29 is 9.47 Å². The van der Waals surface area contributed by atoms with E-state index in [1.54, 1.807) is 14.2 Å². The zero-order valence-corrected chi connectivity index (χ0v) is 16.6. The van der Waals surface area contributed by atoms with Crippen molar-refractivity contribution in [1.82, 2.24) is 4.90 Å². The minimum Gasteiger partial charge on any atom is -0.493 e. The van der Waals surface area contributed by atoms with E-state index in [1.165, 1.54) is 23.2 Å². The van der Waals surface area contributed by atoms with Crippen LogP contribution in [0.5, 0.6) is 11.5 Å². The van der Waals surface area contributed by atoms with Gasteiger partial charge in [-0.1, -0.05) is 37.3 Å². The highest BCUT2D eigenvalue weighted by molar-refractivity contribution is 5.85. The van der Waals surface area contributed by atoms with Crippen LogP contribution in [-0.2, 0) is 6.42 Å². The van der Waals surface area contributed by atoms with Gasteiger partial charge in [-0.05, 0) is 53.6 Å². The zero-order chi connectivity index (χ0) is 17.4. The topological polar surface area (TPSA) is 21.7 Å². The van der Waals surface area contributed by atoms with Gasteiger partial charge in [0.1, 0.15) is 0 Å². The number of halogens is 1. The van der Waals surface area contributed by atoms with Gasteiger partial charge >= 0.3 is 0 Å². The van der Waals surface area contributed by atoms with Gasteiger partial charge in [0, 0.05) is 19.0 Å². The second-order valence-electron chi connectivity index (χ2n) is 7.25. The standard InChI is InChI=1S/C22H27NO2.ClH/c1-4-23-13-19-17(15-8-6-5-7-9-15)10-16-11-21(24-2)22(25-3)12-18(16)20(19)14-23;/h5-9,11-12,17,19-20H,4,10,13-14H2,1-3H3;1H. The maximum atomic E-state index is 5.58. The van der Waals surface area contributed by atoms with Crippen LogP contribution in [0.3, 0.4) is 0 Å². The van der Waals surface area contributed by atoms with Crippen LogP contribution >= 0.6 is 12.4 Å². The Balaban J connectivity index is 0.00000196. The number of nitrogens with zero attached hydrogens (tertiary/aromatic N) is 1. The van der Waals surface area contributed by atoms with Crippen molar-refractivity contribution in [1.29, 1.82) is 0 Å². The summed E-state index contributed by atoms with van der Waals surface area (Å²) < 4.78 is 11.1. The van der Waals surface area contributed by atoms with E-state index in [9.17, 15) is 0 Å². The van der Waals surface area contributed by atoms with Crippen molar-refractivity contribution in [2.45, 2.75) is 25.2 Å². The van der Waals surface area contributed by atoms with Gasteiger partial charge in [-0.3, -0.25) is 0 Å². The Morgan fingerprint density at radius 3 is 2.31 bits per heavy atom. The van der Waals surface area contributed by atoms with Crippen LogP contribution in [0.2, 0.25) is 0 Å². The first-order chi connectivity index (χ1) is 12.2. The predicted molar refractivity (Wildman–Crippen MR) is 108 cm³/mol. The monoisotopic (exact) mass is 373 g/mol. The zero-order valence-electron chi connectivity index (χ0n) is 15.8. The number of hydrogen-bond acceptors (Lipinski definition) is 3. The molecule has 140 valence electrons. The van der Waals surface area contributed by atoms with Gasteiger partial charge in [-0.15, -0.1) is 12.4 Å². The van der Waals surface area contributed by atoms with Gasteiger partial charge in [-0.2, -0.15) is 0 Å². The molecular formula is C22H28ClNO2. The molecule has 1 aliphatic heterocycles. The minimum atomic E-state index is 0. The summed E-state index contributed by atoms with van der Waals surface area (Å²) >= 11 is 0. The van der Waals surface area contributed by atoms with Crippen molar-refractivity contribution >= 4 is 12.4 Å².